The maximum absolute atomic E-state index is 12.6. The second-order valence-corrected chi connectivity index (χ2v) is 9.22. The molecule has 0 aromatic heterocycles. The highest BCUT2D eigenvalue weighted by molar-refractivity contribution is 7.99. The molecule has 1 saturated heterocycles. The summed E-state index contributed by atoms with van der Waals surface area (Å²) in [6.45, 7) is 6.81. The fourth-order valence-electron chi connectivity index (χ4n) is 2.81. The smallest absolute Gasteiger partial charge is 0.415 e. The van der Waals surface area contributed by atoms with E-state index in [-0.39, 0.29) is 25.0 Å². The average molecular weight is 438 g/mol. The first-order valence-electron chi connectivity index (χ1n) is 9.98. The standard InChI is InChI=1S/C21H31N3O5S/c1-21(2,3)29-19(26)17(23-18(25)14-22-4)13-15-5-7-16(8-6-15)28-20(27)24-9-11-30-12-10-24/h5-8,17,22H,9-14H2,1-4H3,(H,23,25)/t17-/m0/s1. The normalized spacial score (nSPS) is 15.3. The Kier molecular flexibility index (Phi) is 8.98. The van der Waals surface area contributed by atoms with Gasteiger partial charge in [0, 0.05) is 31.0 Å². The summed E-state index contributed by atoms with van der Waals surface area (Å²) < 4.78 is 10.9. The zero-order valence-electron chi connectivity index (χ0n) is 18.0. The number of nitrogens with zero attached hydrogens (tertiary/aromatic N) is 1. The van der Waals surface area contributed by atoms with Gasteiger partial charge >= 0.3 is 12.1 Å². The van der Waals surface area contributed by atoms with Crippen molar-refractivity contribution in [1.82, 2.24) is 15.5 Å². The Bertz CT molecular complexity index is 727. The summed E-state index contributed by atoms with van der Waals surface area (Å²) in [5.74, 6) is 1.48. The van der Waals surface area contributed by atoms with Gasteiger partial charge in [0.05, 0.1) is 6.54 Å². The Morgan fingerprint density at radius 2 is 1.77 bits per heavy atom. The first kappa shape index (κ1) is 24.0. The number of hydrogen-bond acceptors (Lipinski definition) is 7. The maximum atomic E-state index is 12.6. The third-order valence-electron chi connectivity index (χ3n) is 4.20. The maximum Gasteiger partial charge on any atom is 0.415 e. The summed E-state index contributed by atoms with van der Waals surface area (Å²) in [5.41, 5.74) is 0.151. The van der Waals surface area contributed by atoms with E-state index in [9.17, 15) is 14.4 Å². The summed E-state index contributed by atoms with van der Waals surface area (Å²) in [4.78, 5) is 38.5. The van der Waals surface area contributed by atoms with Gasteiger partial charge in [-0.15, -0.1) is 0 Å². The Balaban J connectivity index is 2.01. The summed E-state index contributed by atoms with van der Waals surface area (Å²) >= 11 is 1.82. The van der Waals surface area contributed by atoms with Gasteiger partial charge in [-0.25, -0.2) is 9.59 Å². The molecule has 0 spiro atoms. The van der Waals surface area contributed by atoms with Crippen LogP contribution in [0.15, 0.2) is 24.3 Å². The number of esters is 1. The number of likely N-dealkylation sites (N-methyl/N-ethyl adjacent to an activating group) is 1. The van der Waals surface area contributed by atoms with E-state index in [2.05, 4.69) is 10.6 Å². The number of carbonyl (C=O) groups excluding carboxylic acids is 3. The predicted molar refractivity (Wildman–Crippen MR) is 117 cm³/mol. The molecule has 1 aromatic rings. The lowest BCUT2D eigenvalue weighted by molar-refractivity contribution is -0.158. The fraction of sp³-hybridized carbons (Fsp3) is 0.571. The number of benzene rings is 1. The predicted octanol–water partition coefficient (Wildman–Crippen LogP) is 1.82. The Morgan fingerprint density at radius 1 is 1.13 bits per heavy atom. The number of hydrogen-bond donors (Lipinski definition) is 2. The first-order valence-corrected chi connectivity index (χ1v) is 11.1. The summed E-state index contributed by atoms with van der Waals surface area (Å²) in [6.07, 6.45) is -0.0870. The van der Waals surface area contributed by atoms with Crippen LogP contribution in [0.1, 0.15) is 26.3 Å². The van der Waals surface area contributed by atoms with Gasteiger partial charge < -0.3 is 25.0 Å². The molecule has 0 unspecified atom stereocenters. The summed E-state index contributed by atoms with van der Waals surface area (Å²) in [5, 5.41) is 5.47. The zero-order chi connectivity index (χ0) is 22.1. The van der Waals surface area contributed by atoms with E-state index in [1.165, 1.54) is 0 Å². The van der Waals surface area contributed by atoms with Crippen molar-refractivity contribution in [3.63, 3.8) is 0 Å². The lowest BCUT2D eigenvalue weighted by Crippen LogP contribution is -2.47. The van der Waals surface area contributed by atoms with Gasteiger partial charge in [0.1, 0.15) is 17.4 Å². The Labute approximate surface area is 182 Å². The van der Waals surface area contributed by atoms with Gasteiger partial charge in [0.2, 0.25) is 5.91 Å². The number of amides is 2. The van der Waals surface area contributed by atoms with Crippen LogP contribution in [-0.4, -0.2) is 72.7 Å². The van der Waals surface area contributed by atoms with E-state index in [4.69, 9.17) is 9.47 Å². The largest absolute Gasteiger partial charge is 0.458 e. The van der Waals surface area contributed by atoms with Crippen molar-refractivity contribution in [3.8, 4) is 5.75 Å². The number of rotatable bonds is 7. The van der Waals surface area contributed by atoms with Gasteiger partial charge in [0.25, 0.3) is 0 Å². The van der Waals surface area contributed by atoms with Gasteiger partial charge in [-0.05, 0) is 45.5 Å². The molecule has 2 amide bonds. The monoisotopic (exact) mass is 437 g/mol. The number of nitrogens with one attached hydrogen (secondary N) is 2. The molecule has 2 N–H and O–H groups in total. The number of carbonyl (C=O) groups is 3. The minimum absolute atomic E-state index is 0.100. The quantitative estimate of drug-likeness (QED) is 0.628. The van der Waals surface area contributed by atoms with Crippen molar-refractivity contribution in [2.24, 2.45) is 0 Å². The third kappa shape index (κ3) is 8.23. The molecular formula is C21H31N3O5S. The molecule has 1 fully saturated rings. The van der Waals surface area contributed by atoms with Gasteiger partial charge in [-0.2, -0.15) is 11.8 Å². The average Bonchev–Trinajstić information content (AvgIpc) is 2.68. The van der Waals surface area contributed by atoms with Crippen LogP contribution >= 0.6 is 11.8 Å². The molecule has 8 nitrogen and oxygen atoms in total. The van der Waals surface area contributed by atoms with Crippen LogP contribution in [0.25, 0.3) is 0 Å². The van der Waals surface area contributed by atoms with E-state index in [0.717, 1.165) is 17.1 Å². The molecule has 0 aliphatic carbocycles. The highest BCUT2D eigenvalue weighted by Crippen LogP contribution is 2.17. The fourth-order valence-corrected chi connectivity index (χ4v) is 3.72. The van der Waals surface area contributed by atoms with Crippen molar-refractivity contribution in [1.29, 1.82) is 0 Å². The highest BCUT2D eigenvalue weighted by Gasteiger charge is 2.27. The van der Waals surface area contributed by atoms with Crippen LogP contribution in [0.5, 0.6) is 5.75 Å². The molecule has 1 aliphatic heterocycles. The lowest BCUT2D eigenvalue weighted by Gasteiger charge is -2.25. The van der Waals surface area contributed by atoms with Gasteiger partial charge in [-0.1, -0.05) is 12.1 Å². The van der Waals surface area contributed by atoms with E-state index in [0.29, 0.717) is 18.8 Å². The number of ether oxygens (including phenoxy) is 2. The SMILES string of the molecule is CNCC(=O)N[C@@H](Cc1ccc(OC(=O)N2CCSCC2)cc1)C(=O)OC(C)(C)C. The van der Waals surface area contributed by atoms with Crippen LogP contribution in [0, 0.1) is 0 Å². The van der Waals surface area contributed by atoms with Gasteiger partial charge in [0.15, 0.2) is 0 Å². The van der Waals surface area contributed by atoms with E-state index >= 15 is 0 Å². The van der Waals surface area contributed by atoms with Crippen LogP contribution in [0.2, 0.25) is 0 Å². The highest BCUT2D eigenvalue weighted by atomic mass is 32.2. The molecule has 1 aliphatic rings. The van der Waals surface area contributed by atoms with Crippen molar-refractivity contribution in [3.05, 3.63) is 29.8 Å². The molecule has 0 radical (unpaired) electrons. The zero-order valence-corrected chi connectivity index (χ0v) is 18.8. The third-order valence-corrected chi connectivity index (χ3v) is 5.14. The molecule has 30 heavy (non-hydrogen) atoms. The van der Waals surface area contributed by atoms with Crippen LogP contribution in [0.4, 0.5) is 4.79 Å². The topological polar surface area (TPSA) is 97.0 Å². The van der Waals surface area contributed by atoms with Crippen LogP contribution < -0.4 is 15.4 Å². The second-order valence-electron chi connectivity index (χ2n) is 8.00. The second kappa shape index (κ2) is 11.2. The molecule has 0 bridgehead atoms. The summed E-state index contributed by atoms with van der Waals surface area (Å²) in [6, 6.07) is 6.11. The molecule has 1 heterocycles. The van der Waals surface area contributed by atoms with E-state index < -0.39 is 17.6 Å². The minimum atomic E-state index is -0.815. The van der Waals surface area contributed by atoms with Crippen LogP contribution in [-0.2, 0) is 20.7 Å². The lowest BCUT2D eigenvalue weighted by atomic mass is 10.1. The summed E-state index contributed by atoms with van der Waals surface area (Å²) in [7, 11) is 1.66. The molecule has 1 atom stereocenters. The molecule has 2 rings (SSSR count). The van der Waals surface area contributed by atoms with Crippen molar-refractivity contribution < 1.29 is 23.9 Å². The first-order chi connectivity index (χ1) is 14.2. The molecular weight excluding hydrogens is 406 g/mol. The number of thioether (sulfide) groups is 1. The van der Waals surface area contributed by atoms with Crippen LogP contribution in [0.3, 0.4) is 0 Å². The Morgan fingerprint density at radius 3 is 2.33 bits per heavy atom. The van der Waals surface area contributed by atoms with Crippen molar-refractivity contribution in [2.45, 2.75) is 38.8 Å². The molecule has 9 heteroatoms. The molecule has 166 valence electrons. The van der Waals surface area contributed by atoms with Crippen molar-refractivity contribution >= 4 is 29.7 Å². The van der Waals surface area contributed by atoms with E-state index in [1.807, 2.05) is 11.8 Å². The molecule has 1 aromatic carbocycles. The van der Waals surface area contributed by atoms with Crippen molar-refractivity contribution in [2.75, 3.05) is 38.2 Å². The molecule has 0 saturated carbocycles. The minimum Gasteiger partial charge on any atom is -0.458 e. The Hall–Kier alpha value is -2.26. The van der Waals surface area contributed by atoms with E-state index in [1.54, 1.807) is 57.0 Å². The van der Waals surface area contributed by atoms with Gasteiger partial charge in [-0.3, -0.25) is 4.79 Å².